The Labute approximate surface area is 300 Å². The Morgan fingerprint density at radius 1 is 0.431 bits per heavy atom. The lowest BCUT2D eigenvalue weighted by molar-refractivity contribution is 0.649. The van der Waals surface area contributed by atoms with Crippen LogP contribution in [0, 0.1) is 0 Å². The van der Waals surface area contributed by atoms with Crippen LogP contribution >= 0.6 is 11.8 Å². The Kier molecular flexibility index (Phi) is 6.14. The summed E-state index contributed by atoms with van der Waals surface area (Å²) in [5, 5.41) is 2.22. The van der Waals surface area contributed by atoms with Crippen LogP contribution in [-0.4, -0.2) is 4.98 Å². The van der Waals surface area contributed by atoms with Crippen molar-refractivity contribution >= 4 is 33.7 Å². The van der Waals surface area contributed by atoms with Crippen molar-refractivity contribution in [2.75, 3.05) is 0 Å². The van der Waals surface area contributed by atoms with Gasteiger partial charge in [-0.2, -0.15) is 0 Å². The van der Waals surface area contributed by atoms with Crippen molar-refractivity contribution in [1.29, 1.82) is 0 Å². The molecule has 7 aromatic carbocycles. The molecule has 1 aliphatic carbocycles. The summed E-state index contributed by atoms with van der Waals surface area (Å²) in [6.45, 7) is 0. The first kappa shape index (κ1) is 28.7. The van der Waals surface area contributed by atoms with Crippen LogP contribution in [0.1, 0.15) is 22.3 Å². The van der Waals surface area contributed by atoms with Crippen molar-refractivity contribution in [2.24, 2.45) is 0 Å². The van der Waals surface area contributed by atoms with Crippen LogP contribution in [0.3, 0.4) is 0 Å². The van der Waals surface area contributed by atoms with Gasteiger partial charge in [0, 0.05) is 26.8 Å². The van der Waals surface area contributed by atoms with Gasteiger partial charge in [0.25, 0.3) is 0 Å². The fourth-order valence-electron chi connectivity index (χ4n) is 8.54. The summed E-state index contributed by atoms with van der Waals surface area (Å²) >= 11 is 1.83. The Morgan fingerprint density at radius 2 is 1.04 bits per heavy atom. The maximum atomic E-state index is 6.88. The lowest BCUT2D eigenvalue weighted by Gasteiger charge is -2.39. The van der Waals surface area contributed by atoms with Crippen molar-refractivity contribution in [3.05, 3.63) is 198 Å². The molecule has 11 rings (SSSR count). The summed E-state index contributed by atoms with van der Waals surface area (Å²) in [6.07, 6.45) is 0. The molecule has 1 spiro atoms. The predicted molar refractivity (Wildman–Crippen MR) is 209 cm³/mol. The number of hydrogen-bond acceptors (Lipinski definition) is 3. The van der Waals surface area contributed by atoms with E-state index in [-0.39, 0.29) is 0 Å². The van der Waals surface area contributed by atoms with Gasteiger partial charge >= 0.3 is 0 Å². The molecular weight excluding hydrogens is 639 g/mol. The number of aromatic nitrogens is 1. The fraction of sp³-hybridized carbons (Fsp3) is 0.0208. The predicted octanol–water partition coefficient (Wildman–Crippen LogP) is 12.8. The Morgan fingerprint density at radius 3 is 1.76 bits per heavy atom. The van der Waals surface area contributed by atoms with Gasteiger partial charge in [-0.05, 0) is 80.9 Å². The van der Waals surface area contributed by atoms with E-state index in [9.17, 15) is 0 Å². The van der Waals surface area contributed by atoms with Gasteiger partial charge in [-0.1, -0.05) is 151 Å². The summed E-state index contributed by atoms with van der Waals surface area (Å²) in [4.78, 5) is 7.67. The lowest BCUT2D eigenvalue weighted by Crippen LogP contribution is -2.31. The molecule has 1 aliphatic heterocycles. The highest BCUT2D eigenvalue weighted by molar-refractivity contribution is 7.99. The molecule has 0 bridgehead atoms. The molecule has 0 saturated carbocycles. The highest BCUT2D eigenvalue weighted by Crippen LogP contribution is 2.63. The molecule has 3 heterocycles. The van der Waals surface area contributed by atoms with Crippen LogP contribution in [0.25, 0.3) is 66.7 Å². The van der Waals surface area contributed by atoms with Crippen LogP contribution < -0.4 is 0 Å². The van der Waals surface area contributed by atoms with Gasteiger partial charge in [0.15, 0.2) is 0 Å². The summed E-state index contributed by atoms with van der Waals surface area (Å²) in [7, 11) is 0. The SMILES string of the molecule is c1ccc(-c2cc(-c3ccccc3)nc(-c3ccc4oc5c6c(ccc5c4c3)C3(c4ccccc4S6)c4ccccc4-c4ccccc43)c2)cc1. The second-order valence-corrected chi connectivity index (χ2v) is 14.5. The third-order valence-electron chi connectivity index (χ3n) is 10.8. The van der Waals surface area contributed by atoms with Crippen molar-refractivity contribution in [3.8, 4) is 44.8 Å². The maximum absolute atomic E-state index is 6.88. The number of fused-ring (bicyclic) bond motifs is 13. The molecule has 0 atom stereocenters. The second-order valence-electron chi connectivity index (χ2n) is 13.4. The van der Waals surface area contributed by atoms with E-state index in [1.807, 2.05) is 17.8 Å². The smallest absolute Gasteiger partial charge is 0.149 e. The molecule has 0 saturated heterocycles. The van der Waals surface area contributed by atoms with E-state index >= 15 is 0 Å². The van der Waals surface area contributed by atoms with Crippen LogP contribution in [0.5, 0.6) is 0 Å². The number of benzene rings is 7. The first-order valence-electron chi connectivity index (χ1n) is 17.4. The highest BCUT2D eigenvalue weighted by atomic mass is 32.2. The molecular formula is C48H29NOS. The Balaban J connectivity index is 1.14. The van der Waals surface area contributed by atoms with E-state index in [0.29, 0.717) is 0 Å². The number of rotatable bonds is 3. The third kappa shape index (κ3) is 4.10. The van der Waals surface area contributed by atoms with E-state index in [1.54, 1.807) is 0 Å². The van der Waals surface area contributed by atoms with Gasteiger partial charge < -0.3 is 4.42 Å². The van der Waals surface area contributed by atoms with E-state index in [0.717, 1.165) is 50.0 Å². The summed E-state index contributed by atoms with van der Waals surface area (Å²) < 4.78 is 6.88. The average molecular weight is 668 g/mol. The topological polar surface area (TPSA) is 26.0 Å². The van der Waals surface area contributed by atoms with E-state index in [1.165, 1.54) is 48.7 Å². The van der Waals surface area contributed by atoms with Gasteiger partial charge in [0.2, 0.25) is 0 Å². The van der Waals surface area contributed by atoms with Crippen LogP contribution in [0.15, 0.2) is 190 Å². The van der Waals surface area contributed by atoms with E-state index in [4.69, 9.17) is 9.40 Å². The zero-order chi connectivity index (χ0) is 33.5. The maximum Gasteiger partial charge on any atom is 0.149 e. The van der Waals surface area contributed by atoms with Crippen molar-refractivity contribution in [1.82, 2.24) is 4.98 Å². The molecule has 9 aromatic rings. The zero-order valence-corrected chi connectivity index (χ0v) is 28.3. The minimum absolute atomic E-state index is 0.432. The quantitative estimate of drug-likeness (QED) is 0.188. The molecule has 2 aliphatic rings. The Hall–Kier alpha value is -6.16. The molecule has 2 aromatic heterocycles. The molecule has 2 nitrogen and oxygen atoms in total. The standard InChI is InChI=1S/C48H29NOS/c1-3-13-30(14-4-1)33-28-42(31-15-5-2-6-16-31)49-43(29-33)32-23-26-44-37(27-32)36-24-25-41-47(46(36)50-44)51-45-22-12-11-21-40(45)48(41)38-19-9-7-17-34(38)35-18-8-10-20-39(35)48/h1-29H. The first-order chi connectivity index (χ1) is 25.3. The van der Waals surface area contributed by atoms with Gasteiger partial charge in [0.05, 0.1) is 21.7 Å². The van der Waals surface area contributed by atoms with Crippen molar-refractivity contribution < 1.29 is 4.42 Å². The minimum Gasteiger partial charge on any atom is -0.455 e. The lowest BCUT2D eigenvalue weighted by atomic mass is 9.67. The molecule has 3 heteroatoms. The third-order valence-corrected chi connectivity index (χ3v) is 11.9. The molecule has 238 valence electrons. The number of hydrogen-bond donors (Lipinski definition) is 0. The number of pyridine rings is 1. The molecule has 0 amide bonds. The number of furan rings is 1. The molecule has 0 radical (unpaired) electrons. The van der Waals surface area contributed by atoms with E-state index < -0.39 is 5.41 Å². The number of nitrogens with zero attached hydrogens (tertiary/aromatic N) is 1. The normalized spacial score (nSPS) is 13.6. The highest BCUT2D eigenvalue weighted by Gasteiger charge is 2.50. The molecule has 0 N–H and O–H groups in total. The largest absolute Gasteiger partial charge is 0.455 e. The van der Waals surface area contributed by atoms with Gasteiger partial charge in [-0.3, -0.25) is 0 Å². The van der Waals surface area contributed by atoms with Crippen LogP contribution in [0.4, 0.5) is 0 Å². The molecule has 51 heavy (non-hydrogen) atoms. The monoisotopic (exact) mass is 667 g/mol. The first-order valence-corrected chi connectivity index (χ1v) is 18.2. The van der Waals surface area contributed by atoms with E-state index in [2.05, 4.69) is 170 Å². The summed E-state index contributed by atoms with van der Waals surface area (Å²) in [6, 6.07) is 63.4. The fourth-order valence-corrected chi connectivity index (χ4v) is 9.81. The summed E-state index contributed by atoms with van der Waals surface area (Å²) in [5.41, 5.74) is 15.6. The average Bonchev–Trinajstić information content (AvgIpc) is 3.73. The minimum atomic E-state index is -0.432. The van der Waals surface area contributed by atoms with Gasteiger partial charge in [-0.15, -0.1) is 0 Å². The summed E-state index contributed by atoms with van der Waals surface area (Å²) in [5.74, 6) is 0. The second kappa shape index (κ2) is 10.9. The Bertz CT molecular complexity index is 2730. The van der Waals surface area contributed by atoms with Gasteiger partial charge in [0.1, 0.15) is 11.2 Å². The van der Waals surface area contributed by atoms with Crippen molar-refractivity contribution in [3.63, 3.8) is 0 Å². The zero-order valence-electron chi connectivity index (χ0n) is 27.5. The van der Waals surface area contributed by atoms with Crippen LogP contribution in [-0.2, 0) is 5.41 Å². The van der Waals surface area contributed by atoms with Gasteiger partial charge in [-0.25, -0.2) is 4.98 Å². The van der Waals surface area contributed by atoms with Crippen LogP contribution in [0.2, 0.25) is 0 Å². The molecule has 0 unspecified atom stereocenters. The molecule has 0 fully saturated rings. The van der Waals surface area contributed by atoms with Crippen molar-refractivity contribution in [2.45, 2.75) is 15.2 Å².